The van der Waals surface area contributed by atoms with Gasteiger partial charge in [-0.05, 0) is 56.9 Å². The lowest BCUT2D eigenvalue weighted by Crippen LogP contribution is -2.54. The number of likely N-dealkylation sites (N-methyl/N-ethyl adjacent to an activating group) is 1. The van der Waals surface area contributed by atoms with Gasteiger partial charge in [0, 0.05) is 31.7 Å². The molecule has 0 radical (unpaired) electrons. The number of carbonyl (C=O) groups is 3. The Hall–Kier alpha value is -3.22. The van der Waals surface area contributed by atoms with E-state index in [1.54, 1.807) is 46.2 Å². The van der Waals surface area contributed by atoms with Crippen molar-refractivity contribution in [2.45, 2.75) is 32.7 Å². The molecule has 1 aliphatic heterocycles. The highest BCUT2D eigenvalue weighted by atomic mass is 19.1. The summed E-state index contributed by atoms with van der Waals surface area (Å²) in [6, 6.07) is 14.1. The van der Waals surface area contributed by atoms with E-state index in [1.807, 2.05) is 19.9 Å². The van der Waals surface area contributed by atoms with Crippen LogP contribution in [0.2, 0.25) is 0 Å². The molecule has 7 heteroatoms. The van der Waals surface area contributed by atoms with Crippen molar-refractivity contribution in [3.8, 4) is 0 Å². The maximum absolute atomic E-state index is 14.0. The first-order valence-electron chi connectivity index (χ1n) is 11.1. The minimum atomic E-state index is -0.673. The van der Waals surface area contributed by atoms with Gasteiger partial charge in [-0.15, -0.1) is 0 Å². The Morgan fingerprint density at radius 3 is 2.19 bits per heavy atom. The third-order valence-electron chi connectivity index (χ3n) is 6.07. The standard InChI is InChI=1S/C25H30FN3O3/c1-3-28(4-2)25(32)22(27-23(30)19-10-6-5-7-11-19)18-14-16-29(17-15-18)24(31)20-12-8-9-13-21(20)26/h5-13,18,22H,3-4,14-17H2,1-2H3,(H,27,30)/t22-/m1/s1. The number of benzene rings is 2. The number of hydrogen-bond acceptors (Lipinski definition) is 3. The highest BCUT2D eigenvalue weighted by Gasteiger charge is 2.36. The summed E-state index contributed by atoms with van der Waals surface area (Å²) in [5.74, 6) is -1.40. The van der Waals surface area contributed by atoms with Gasteiger partial charge in [0.05, 0.1) is 5.56 Å². The molecular formula is C25H30FN3O3. The average molecular weight is 440 g/mol. The van der Waals surface area contributed by atoms with Crippen LogP contribution in [0.15, 0.2) is 54.6 Å². The molecule has 1 fully saturated rings. The predicted octanol–water partition coefficient (Wildman–Crippen LogP) is 3.34. The lowest BCUT2D eigenvalue weighted by atomic mass is 9.87. The molecule has 2 aromatic carbocycles. The molecule has 1 N–H and O–H groups in total. The second-order valence-corrected chi connectivity index (χ2v) is 7.94. The van der Waals surface area contributed by atoms with Gasteiger partial charge in [-0.25, -0.2) is 4.39 Å². The second kappa shape index (κ2) is 10.9. The molecule has 1 atom stereocenters. The zero-order valence-corrected chi connectivity index (χ0v) is 18.6. The van der Waals surface area contributed by atoms with Crippen molar-refractivity contribution in [3.63, 3.8) is 0 Å². The number of rotatable bonds is 7. The number of likely N-dealkylation sites (tertiary alicyclic amines) is 1. The van der Waals surface area contributed by atoms with Crippen molar-refractivity contribution in [1.29, 1.82) is 0 Å². The molecule has 1 saturated heterocycles. The van der Waals surface area contributed by atoms with Crippen molar-refractivity contribution in [1.82, 2.24) is 15.1 Å². The second-order valence-electron chi connectivity index (χ2n) is 7.94. The van der Waals surface area contributed by atoms with Crippen molar-refractivity contribution in [2.24, 2.45) is 5.92 Å². The number of halogens is 1. The molecule has 0 spiro atoms. The largest absolute Gasteiger partial charge is 0.341 e. The van der Waals surface area contributed by atoms with Crippen molar-refractivity contribution < 1.29 is 18.8 Å². The van der Waals surface area contributed by atoms with Gasteiger partial charge in [0.1, 0.15) is 11.9 Å². The number of amides is 3. The minimum Gasteiger partial charge on any atom is -0.341 e. The molecule has 1 aliphatic rings. The molecule has 32 heavy (non-hydrogen) atoms. The zero-order valence-electron chi connectivity index (χ0n) is 18.6. The Kier molecular flexibility index (Phi) is 7.98. The first-order chi connectivity index (χ1) is 15.5. The molecule has 6 nitrogen and oxygen atoms in total. The molecule has 0 unspecified atom stereocenters. The van der Waals surface area contributed by atoms with Crippen molar-refractivity contribution in [3.05, 3.63) is 71.5 Å². The van der Waals surface area contributed by atoms with E-state index < -0.39 is 11.9 Å². The van der Waals surface area contributed by atoms with Gasteiger partial charge in [0.2, 0.25) is 5.91 Å². The van der Waals surface area contributed by atoms with Crippen LogP contribution < -0.4 is 5.32 Å². The molecule has 2 aromatic rings. The number of hydrogen-bond donors (Lipinski definition) is 1. The first-order valence-corrected chi connectivity index (χ1v) is 11.1. The molecule has 0 aliphatic carbocycles. The van der Waals surface area contributed by atoms with Crippen LogP contribution in [0, 0.1) is 11.7 Å². The topological polar surface area (TPSA) is 69.7 Å². The number of piperidine rings is 1. The maximum atomic E-state index is 14.0. The third kappa shape index (κ3) is 5.33. The molecular weight excluding hydrogens is 409 g/mol. The van der Waals surface area contributed by atoms with Gasteiger partial charge >= 0.3 is 0 Å². The summed E-state index contributed by atoms with van der Waals surface area (Å²) < 4.78 is 14.0. The van der Waals surface area contributed by atoms with Crippen LogP contribution >= 0.6 is 0 Å². The van der Waals surface area contributed by atoms with Crippen LogP contribution in [0.4, 0.5) is 4.39 Å². The summed E-state index contributed by atoms with van der Waals surface area (Å²) >= 11 is 0. The Morgan fingerprint density at radius 1 is 1.00 bits per heavy atom. The Labute approximate surface area is 188 Å². The van der Waals surface area contributed by atoms with E-state index in [0.717, 1.165) is 0 Å². The molecule has 0 aromatic heterocycles. The summed E-state index contributed by atoms with van der Waals surface area (Å²) in [5, 5.41) is 2.94. The summed E-state index contributed by atoms with van der Waals surface area (Å²) in [6.45, 7) is 5.73. The van der Waals surface area contributed by atoms with Crippen molar-refractivity contribution in [2.75, 3.05) is 26.2 Å². The Balaban J connectivity index is 1.73. The van der Waals surface area contributed by atoms with Gasteiger partial charge in [0.15, 0.2) is 0 Å². The van der Waals surface area contributed by atoms with Crippen molar-refractivity contribution >= 4 is 17.7 Å². The Bertz CT molecular complexity index is 938. The normalized spacial score (nSPS) is 15.2. The van der Waals surface area contributed by atoms with Gasteiger partial charge in [-0.3, -0.25) is 14.4 Å². The highest BCUT2D eigenvalue weighted by molar-refractivity contribution is 5.97. The van der Waals surface area contributed by atoms with E-state index in [1.165, 1.54) is 12.1 Å². The smallest absolute Gasteiger partial charge is 0.256 e. The summed E-state index contributed by atoms with van der Waals surface area (Å²) in [5.41, 5.74) is 0.552. The molecule has 3 amide bonds. The maximum Gasteiger partial charge on any atom is 0.256 e. The fraction of sp³-hybridized carbons (Fsp3) is 0.400. The number of nitrogens with zero attached hydrogens (tertiary/aromatic N) is 2. The van der Waals surface area contributed by atoms with Gasteiger partial charge in [-0.2, -0.15) is 0 Å². The van der Waals surface area contributed by atoms with Crippen LogP contribution in [0.3, 0.4) is 0 Å². The summed E-state index contributed by atoms with van der Waals surface area (Å²) in [4.78, 5) is 42.1. The van der Waals surface area contributed by atoms with E-state index in [0.29, 0.717) is 44.6 Å². The zero-order chi connectivity index (χ0) is 23.1. The summed E-state index contributed by atoms with van der Waals surface area (Å²) in [6.07, 6.45) is 1.10. The highest BCUT2D eigenvalue weighted by Crippen LogP contribution is 2.24. The number of nitrogens with one attached hydrogen (secondary N) is 1. The van der Waals surface area contributed by atoms with Crippen LogP contribution in [0.5, 0.6) is 0 Å². The molecule has 0 bridgehead atoms. The first kappa shape index (κ1) is 23.4. The fourth-order valence-corrected chi connectivity index (χ4v) is 4.17. The van der Waals surface area contributed by atoms with Crippen LogP contribution in [-0.2, 0) is 4.79 Å². The minimum absolute atomic E-state index is 0.0547. The van der Waals surface area contributed by atoms with E-state index >= 15 is 0 Å². The SMILES string of the molecule is CCN(CC)C(=O)[C@H](NC(=O)c1ccccc1)C1CCN(C(=O)c2ccccc2F)CC1. The molecule has 0 saturated carbocycles. The van der Waals surface area contributed by atoms with E-state index in [4.69, 9.17) is 0 Å². The van der Waals surface area contributed by atoms with Crippen LogP contribution in [-0.4, -0.2) is 59.7 Å². The quantitative estimate of drug-likeness (QED) is 0.719. The van der Waals surface area contributed by atoms with Gasteiger partial charge in [-0.1, -0.05) is 30.3 Å². The molecule has 1 heterocycles. The van der Waals surface area contributed by atoms with Crippen LogP contribution in [0.25, 0.3) is 0 Å². The van der Waals surface area contributed by atoms with Crippen LogP contribution in [0.1, 0.15) is 47.4 Å². The molecule has 170 valence electrons. The van der Waals surface area contributed by atoms with E-state index in [2.05, 4.69) is 5.32 Å². The average Bonchev–Trinajstić information content (AvgIpc) is 2.83. The number of carbonyl (C=O) groups excluding carboxylic acids is 3. The van der Waals surface area contributed by atoms with E-state index in [-0.39, 0.29) is 29.2 Å². The third-order valence-corrected chi connectivity index (χ3v) is 6.07. The lowest BCUT2D eigenvalue weighted by molar-refractivity contribution is -0.134. The van der Waals surface area contributed by atoms with Gasteiger partial charge in [0.25, 0.3) is 11.8 Å². The van der Waals surface area contributed by atoms with Gasteiger partial charge < -0.3 is 15.1 Å². The predicted molar refractivity (Wildman–Crippen MR) is 121 cm³/mol. The Morgan fingerprint density at radius 2 is 1.59 bits per heavy atom. The summed E-state index contributed by atoms with van der Waals surface area (Å²) in [7, 11) is 0. The lowest BCUT2D eigenvalue weighted by Gasteiger charge is -2.37. The monoisotopic (exact) mass is 439 g/mol. The fourth-order valence-electron chi connectivity index (χ4n) is 4.17. The molecule has 3 rings (SSSR count). The van der Waals surface area contributed by atoms with E-state index in [9.17, 15) is 18.8 Å².